The number of aryl methyl sites for hydroxylation is 1. The number of carbonyl (C=O) groups is 2. The van der Waals surface area contributed by atoms with Crippen molar-refractivity contribution in [2.75, 3.05) is 19.0 Å². The fourth-order valence-electron chi connectivity index (χ4n) is 3.82. The van der Waals surface area contributed by atoms with Crippen molar-refractivity contribution < 1.29 is 37.0 Å². The topological polar surface area (TPSA) is 160 Å². The molecule has 3 rings (SSSR count). The fourth-order valence-corrected chi connectivity index (χ4v) is 5.89. The second-order valence-electron chi connectivity index (χ2n) is 10.5. The Kier molecular flexibility index (Phi) is 9.91. The SMILES string of the molecule is Cc1cn([C@H]2C[C@H](OC(=O)CC[Si](C)(C)C)[C@@H](COC(=O)OCCS(=O)(=O)c3ccccc3)O2)c(=O)[nH]c1=O. The molecule has 1 fully saturated rings. The molecule has 39 heavy (non-hydrogen) atoms. The number of benzene rings is 1. The second kappa shape index (κ2) is 12.7. The van der Waals surface area contributed by atoms with Gasteiger partial charge in [-0.2, -0.15) is 0 Å². The van der Waals surface area contributed by atoms with Crippen LogP contribution >= 0.6 is 0 Å². The largest absolute Gasteiger partial charge is 0.508 e. The number of aromatic amines is 1. The van der Waals surface area contributed by atoms with Crippen molar-refractivity contribution in [1.82, 2.24) is 9.55 Å². The van der Waals surface area contributed by atoms with Crippen molar-refractivity contribution in [2.24, 2.45) is 0 Å². The van der Waals surface area contributed by atoms with E-state index < -0.39 is 72.1 Å². The molecule has 0 unspecified atom stereocenters. The molecule has 0 aliphatic carbocycles. The lowest BCUT2D eigenvalue weighted by Gasteiger charge is -2.20. The minimum absolute atomic E-state index is 0.0858. The maximum atomic E-state index is 12.5. The zero-order chi connectivity index (χ0) is 28.8. The zero-order valence-electron chi connectivity index (χ0n) is 22.4. The van der Waals surface area contributed by atoms with Crippen LogP contribution in [0.25, 0.3) is 0 Å². The molecule has 0 bridgehead atoms. The molecule has 3 atom stereocenters. The normalized spacial score (nSPS) is 19.4. The second-order valence-corrected chi connectivity index (χ2v) is 18.2. The first kappa shape index (κ1) is 30.3. The number of nitrogens with zero attached hydrogens (tertiary/aromatic N) is 1. The molecule has 1 saturated heterocycles. The molecule has 1 aromatic carbocycles. The number of esters is 1. The van der Waals surface area contributed by atoms with Crippen molar-refractivity contribution in [3.8, 4) is 0 Å². The Morgan fingerprint density at radius 3 is 2.49 bits per heavy atom. The van der Waals surface area contributed by atoms with Gasteiger partial charge in [0, 0.05) is 32.7 Å². The monoisotopic (exact) mass is 582 g/mol. The predicted molar refractivity (Wildman–Crippen MR) is 143 cm³/mol. The number of H-pyrrole nitrogens is 1. The van der Waals surface area contributed by atoms with Crippen LogP contribution in [-0.2, 0) is 33.6 Å². The number of hydrogen-bond acceptors (Lipinski definition) is 10. The summed E-state index contributed by atoms with van der Waals surface area (Å²) in [6, 6.07) is 8.49. The van der Waals surface area contributed by atoms with Gasteiger partial charge in [0.1, 0.15) is 31.6 Å². The molecule has 0 spiro atoms. The summed E-state index contributed by atoms with van der Waals surface area (Å²) in [4.78, 5) is 51.1. The molecule has 1 aromatic heterocycles. The van der Waals surface area contributed by atoms with Gasteiger partial charge in [0.05, 0.1) is 10.6 Å². The highest BCUT2D eigenvalue weighted by molar-refractivity contribution is 7.91. The average molecular weight is 583 g/mol. The minimum atomic E-state index is -3.64. The number of sulfone groups is 1. The van der Waals surface area contributed by atoms with Gasteiger partial charge in [-0.15, -0.1) is 0 Å². The van der Waals surface area contributed by atoms with Crippen molar-refractivity contribution >= 4 is 30.0 Å². The Morgan fingerprint density at radius 1 is 1.13 bits per heavy atom. The lowest BCUT2D eigenvalue weighted by atomic mass is 10.2. The van der Waals surface area contributed by atoms with E-state index in [0.29, 0.717) is 0 Å². The summed E-state index contributed by atoms with van der Waals surface area (Å²) in [5.74, 6) is -0.865. The highest BCUT2D eigenvalue weighted by Crippen LogP contribution is 2.31. The minimum Gasteiger partial charge on any atom is -0.459 e. The molecule has 1 aliphatic rings. The third kappa shape index (κ3) is 8.90. The summed E-state index contributed by atoms with van der Waals surface area (Å²) in [6.45, 7) is 7.13. The van der Waals surface area contributed by atoms with E-state index in [0.717, 1.165) is 6.04 Å². The Hall–Kier alpha value is -3.23. The van der Waals surface area contributed by atoms with Gasteiger partial charge in [-0.25, -0.2) is 18.0 Å². The molecule has 0 saturated carbocycles. The number of aromatic nitrogens is 2. The first-order valence-electron chi connectivity index (χ1n) is 12.5. The summed E-state index contributed by atoms with van der Waals surface area (Å²) in [5.41, 5.74) is -0.934. The number of nitrogens with one attached hydrogen (secondary N) is 1. The van der Waals surface area contributed by atoms with Crippen LogP contribution in [0.3, 0.4) is 0 Å². The Bertz CT molecular complexity index is 1380. The summed E-state index contributed by atoms with van der Waals surface area (Å²) in [6.07, 6.45) is -2.11. The molecule has 214 valence electrons. The van der Waals surface area contributed by atoms with E-state index in [1.54, 1.807) is 18.2 Å². The smallest absolute Gasteiger partial charge is 0.459 e. The van der Waals surface area contributed by atoms with Gasteiger partial charge in [0.25, 0.3) is 5.56 Å². The maximum Gasteiger partial charge on any atom is 0.508 e. The lowest BCUT2D eigenvalue weighted by molar-refractivity contribution is -0.153. The molecule has 2 aromatic rings. The van der Waals surface area contributed by atoms with E-state index in [1.807, 2.05) is 0 Å². The maximum absolute atomic E-state index is 12.5. The molecule has 1 aliphatic heterocycles. The molecule has 0 amide bonds. The fraction of sp³-hybridized carbons (Fsp3) is 0.520. The van der Waals surface area contributed by atoms with E-state index in [-0.39, 0.29) is 29.9 Å². The number of carbonyl (C=O) groups excluding carboxylic acids is 2. The van der Waals surface area contributed by atoms with Gasteiger partial charge < -0.3 is 18.9 Å². The molecule has 1 N–H and O–H groups in total. The summed E-state index contributed by atoms with van der Waals surface area (Å²) < 4.78 is 47.4. The lowest BCUT2D eigenvalue weighted by Crippen LogP contribution is -2.34. The highest BCUT2D eigenvalue weighted by Gasteiger charge is 2.40. The number of rotatable bonds is 11. The number of ether oxygens (including phenoxy) is 4. The van der Waals surface area contributed by atoms with Crippen LogP contribution in [0.1, 0.15) is 24.6 Å². The van der Waals surface area contributed by atoms with Gasteiger partial charge in [-0.3, -0.25) is 19.1 Å². The Balaban J connectivity index is 1.62. The molecule has 14 heteroatoms. The van der Waals surface area contributed by atoms with Crippen molar-refractivity contribution in [3.63, 3.8) is 0 Å². The zero-order valence-corrected chi connectivity index (χ0v) is 24.2. The molecule has 12 nitrogen and oxygen atoms in total. The van der Waals surface area contributed by atoms with Gasteiger partial charge in [0.2, 0.25) is 0 Å². The summed E-state index contributed by atoms with van der Waals surface area (Å²) in [7, 11) is -5.14. The van der Waals surface area contributed by atoms with Gasteiger partial charge >= 0.3 is 17.8 Å². The number of hydrogen-bond donors (Lipinski definition) is 1. The average Bonchev–Trinajstić information content (AvgIpc) is 3.25. The highest BCUT2D eigenvalue weighted by atomic mass is 32.2. The van der Waals surface area contributed by atoms with Crippen LogP contribution < -0.4 is 11.2 Å². The molecule has 0 radical (unpaired) electrons. The van der Waals surface area contributed by atoms with Crippen LogP contribution in [0.2, 0.25) is 25.7 Å². The summed E-state index contributed by atoms with van der Waals surface area (Å²) >= 11 is 0. The molecule has 2 heterocycles. The van der Waals surface area contributed by atoms with E-state index >= 15 is 0 Å². The van der Waals surface area contributed by atoms with Gasteiger partial charge in [0.15, 0.2) is 9.84 Å². The van der Waals surface area contributed by atoms with Crippen LogP contribution in [-0.4, -0.2) is 69.3 Å². The first-order chi connectivity index (χ1) is 18.2. The Labute approximate surface area is 227 Å². The Morgan fingerprint density at radius 2 is 1.82 bits per heavy atom. The van der Waals surface area contributed by atoms with Crippen LogP contribution in [0, 0.1) is 6.92 Å². The standard InChI is InChI=1S/C25H34N2O10SSi/c1-17-15-27(24(30)26-23(17)29)21-14-19(37-22(28)10-13-39(2,3)4)20(36-21)16-35-25(31)34-11-12-38(32,33)18-8-6-5-7-9-18/h5-9,15,19-21H,10-14,16H2,1-4H3,(H,26,29,30)/t19-,20+,21+/m0/s1. The molecular weight excluding hydrogens is 548 g/mol. The van der Waals surface area contributed by atoms with Crippen molar-refractivity contribution in [3.05, 3.63) is 62.9 Å². The van der Waals surface area contributed by atoms with Crippen LogP contribution in [0.15, 0.2) is 51.0 Å². The third-order valence-corrected chi connectivity index (χ3v) is 9.48. The predicted octanol–water partition coefficient (Wildman–Crippen LogP) is 2.40. The third-order valence-electron chi connectivity index (χ3n) is 6.04. The van der Waals surface area contributed by atoms with Crippen LogP contribution in [0.4, 0.5) is 4.79 Å². The van der Waals surface area contributed by atoms with Crippen molar-refractivity contribution in [1.29, 1.82) is 0 Å². The van der Waals surface area contributed by atoms with E-state index in [9.17, 15) is 27.6 Å². The quantitative estimate of drug-likeness (QED) is 0.308. The van der Waals surface area contributed by atoms with Gasteiger partial charge in [-0.05, 0) is 25.1 Å². The van der Waals surface area contributed by atoms with E-state index in [2.05, 4.69) is 24.6 Å². The van der Waals surface area contributed by atoms with E-state index in [4.69, 9.17) is 18.9 Å². The first-order valence-corrected chi connectivity index (χ1v) is 17.9. The molecular formula is C25H34N2O10SSi. The van der Waals surface area contributed by atoms with Crippen LogP contribution in [0.5, 0.6) is 0 Å². The van der Waals surface area contributed by atoms with Gasteiger partial charge in [-0.1, -0.05) is 37.8 Å². The van der Waals surface area contributed by atoms with E-state index in [1.165, 1.54) is 29.8 Å². The van der Waals surface area contributed by atoms with Crippen molar-refractivity contribution in [2.45, 2.75) is 68.8 Å². The summed E-state index contributed by atoms with van der Waals surface area (Å²) in [5, 5.41) is 0.